The molecule has 0 aromatic carbocycles. The van der Waals surface area contributed by atoms with Gasteiger partial charge in [0.05, 0.1) is 17.7 Å². The molecular formula is C28H41NO3. The van der Waals surface area contributed by atoms with E-state index in [4.69, 9.17) is 4.74 Å². The molecule has 2 aliphatic heterocycles. The van der Waals surface area contributed by atoms with Crippen LogP contribution in [0.15, 0.2) is 22.8 Å². The minimum absolute atomic E-state index is 0.113. The number of ether oxygens (including phenoxy) is 1. The average Bonchev–Trinajstić information content (AvgIpc) is 3.19. The molecule has 2 saturated heterocycles. The number of hydrogen-bond acceptors (Lipinski definition) is 4. The molecule has 2 saturated carbocycles. The Bertz CT molecular complexity index is 891. The van der Waals surface area contributed by atoms with Crippen LogP contribution in [0, 0.1) is 35.0 Å². The first-order chi connectivity index (χ1) is 15.2. The summed E-state index contributed by atoms with van der Waals surface area (Å²) in [4.78, 5) is 12.1. The summed E-state index contributed by atoms with van der Waals surface area (Å²) in [5, 5.41) is 12.4. The number of allylic oxidation sites excluding steroid dienone is 3. The van der Waals surface area contributed by atoms with Crippen LogP contribution >= 0.6 is 0 Å². The van der Waals surface area contributed by atoms with Gasteiger partial charge in [-0.05, 0) is 93.5 Å². The SMILES string of the molecule is CC1=C2C[C@H]3[C@@H](CCC4=CC(=O)CC[C@@]43C)[C@@H]2CC[C@@]2(C1)OC1C[C@H](C)CN(O)[C@H]1[C@H]2C. The van der Waals surface area contributed by atoms with Gasteiger partial charge in [0.25, 0.3) is 0 Å². The molecule has 0 radical (unpaired) electrons. The van der Waals surface area contributed by atoms with Crippen molar-refractivity contribution >= 4 is 5.78 Å². The lowest BCUT2D eigenvalue weighted by Crippen LogP contribution is -2.50. The first kappa shape index (κ1) is 21.6. The van der Waals surface area contributed by atoms with Gasteiger partial charge in [-0.15, -0.1) is 0 Å². The van der Waals surface area contributed by atoms with Crippen LogP contribution in [0.25, 0.3) is 0 Å². The summed E-state index contributed by atoms with van der Waals surface area (Å²) in [7, 11) is 0. The summed E-state index contributed by atoms with van der Waals surface area (Å²) in [6.07, 6.45) is 12.0. The Morgan fingerprint density at radius 3 is 2.81 bits per heavy atom. The van der Waals surface area contributed by atoms with Crippen molar-refractivity contribution in [2.45, 2.75) is 103 Å². The highest BCUT2D eigenvalue weighted by molar-refractivity contribution is 5.91. The first-order valence-electron chi connectivity index (χ1n) is 13.3. The van der Waals surface area contributed by atoms with Gasteiger partial charge < -0.3 is 9.94 Å². The van der Waals surface area contributed by atoms with Crippen molar-refractivity contribution in [1.82, 2.24) is 5.06 Å². The standard InChI is InChI=1S/C28H41NO3/c1-16-11-25-26(29(31)15-16)18(3)28(32-25)10-8-21-22-6-5-19-12-20(30)7-9-27(19,4)24(22)13-23(21)17(2)14-28/h12,16,18,21-22,24-26,31H,5-11,13-15H2,1-4H3/t16-,18+,21-,22-,24-,25?,26-,27-,28-/m0/s1. The molecule has 6 rings (SSSR count). The van der Waals surface area contributed by atoms with E-state index in [1.807, 2.05) is 6.08 Å². The molecule has 0 aromatic heterocycles. The monoisotopic (exact) mass is 439 g/mol. The fourth-order valence-corrected chi connectivity index (χ4v) is 9.34. The van der Waals surface area contributed by atoms with Gasteiger partial charge in [0, 0.05) is 18.9 Å². The van der Waals surface area contributed by atoms with Crippen molar-refractivity contribution < 1.29 is 14.7 Å². The first-order valence-corrected chi connectivity index (χ1v) is 13.3. The lowest BCUT2D eigenvalue weighted by atomic mass is 9.56. The molecule has 4 heteroatoms. The Morgan fingerprint density at radius 2 is 2.00 bits per heavy atom. The molecule has 1 spiro atoms. The quantitative estimate of drug-likeness (QED) is 0.492. The maximum Gasteiger partial charge on any atom is 0.155 e. The molecular weight excluding hydrogens is 398 g/mol. The van der Waals surface area contributed by atoms with E-state index in [2.05, 4.69) is 27.7 Å². The van der Waals surface area contributed by atoms with Gasteiger partial charge in [-0.1, -0.05) is 37.5 Å². The topological polar surface area (TPSA) is 49.8 Å². The van der Waals surface area contributed by atoms with Gasteiger partial charge in [0.1, 0.15) is 0 Å². The van der Waals surface area contributed by atoms with E-state index in [-0.39, 0.29) is 23.2 Å². The van der Waals surface area contributed by atoms with Crippen LogP contribution in [0.4, 0.5) is 0 Å². The molecule has 1 N–H and O–H groups in total. The summed E-state index contributed by atoms with van der Waals surface area (Å²) in [6.45, 7) is 10.2. The van der Waals surface area contributed by atoms with Crippen LogP contribution in [-0.2, 0) is 9.53 Å². The molecule has 4 fully saturated rings. The highest BCUT2D eigenvalue weighted by Gasteiger charge is 2.59. The van der Waals surface area contributed by atoms with Crippen LogP contribution in [-0.4, -0.2) is 40.3 Å². The largest absolute Gasteiger partial charge is 0.369 e. The Labute approximate surface area is 193 Å². The average molecular weight is 440 g/mol. The van der Waals surface area contributed by atoms with Crippen molar-refractivity contribution in [2.24, 2.45) is 35.0 Å². The van der Waals surface area contributed by atoms with Gasteiger partial charge in [0.15, 0.2) is 5.78 Å². The molecule has 0 bridgehead atoms. The Kier molecular flexibility index (Phi) is 4.89. The van der Waals surface area contributed by atoms with Gasteiger partial charge in [-0.3, -0.25) is 4.79 Å². The van der Waals surface area contributed by atoms with E-state index in [1.165, 1.54) is 24.8 Å². The second-order valence-electron chi connectivity index (χ2n) is 12.7. The van der Waals surface area contributed by atoms with Crippen molar-refractivity contribution in [1.29, 1.82) is 0 Å². The molecule has 176 valence electrons. The minimum Gasteiger partial charge on any atom is -0.369 e. The molecule has 2 heterocycles. The van der Waals surface area contributed by atoms with Crippen LogP contribution in [0.2, 0.25) is 0 Å². The van der Waals surface area contributed by atoms with E-state index >= 15 is 0 Å². The van der Waals surface area contributed by atoms with Gasteiger partial charge in [-0.25, -0.2) is 0 Å². The van der Waals surface area contributed by atoms with Gasteiger partial charge in [0.2, 0.25) is 0 Å². The van der Waals surface area contributed by atoms with E-state index in [0.29, 0.717) is 29.5 Å². The Balaban J connectivity index is 1.30. The zero-order valence-corrected chi connectivity index (χ0v) is 20.4. The van der Waals surface area contributed by atoms with Crippen LogP contribution < -0.4 is 0 Å². The highest BCUT2D eigenvalue weighted by Crippen LogP contribution is 2.64. The molecule has 0 amide bonds. The van der Waals surface area contributed by atoms with Crippen LogP contribution in [0.1, 0.15) is 85.5 Å². The third-order valence-electron chi connectivity index (χ3n) is 11.0. The Hall–Kier alpha value is -0.970. The molecule has 4 aliphatic carbocycles. The molecule has 1 unspecified atom stereocenters. The zero-order chi connectivity index (χ0) is 22.4. The summed E-state index contributed by atoms with van der Waals surface area (Å²) in [5.74, 6) is 3.36. The minimum atomic E-state index is -0.113. The highest BCUT2D eigenvalue weighted by atomic mass is 16.5. The molecule has 9 atom stereocenters. The van der Waals surface area contributed by atoms with E-state index < -0.39 is 0 Å². The summed E-state index contributed by atoms with van der Waals surface area (Å²) >= 11 is 0. The second-order valence-corrected chi connectivity index (χ2v) is 12.7. The number of hydrogen-bond donors (Lipinski definition) is 1. The lowest BCUT2D eigenvalue weighted by Gasteiger charge is -2.48. The van der Waals surface area contributed by atoms with Crippen LogP contribution in [0.5, 0.6) is 0 Å². The van der Waals surface area contributed by atoms with Crippen molar-refractivity contribution in [3.63, 3.8) is 0 Å². The number of carbonyl (C=O) groups excluding carboxylic acids is 1. The van der Waals surface area contributed by atoms with Crippen molar-refractivity contribution in [2.75, 3.05) is 6.54 Å². The molecule has 4 nitrogen and oxygen atoms in total. The van der Waals surface area contributed by atoms with Crippen molar-refractivity contribution in [3.8, 4) is 0 Å². The van der Waals surface area contributed by atoms with Crippen LogP contribution in [0.3, 0.4) is 0 Å². The summed E-state index contributed by atoms with van der Waals surface area (Å²) in [5.41, 5.74) is 4.88. The fraction of sp³-hybridized carbons (Fsp3) is 0.821. The molecule has 6 aliphatic rings. The van der Waals surface area contributed by atoms with E-state index in [9.17, 15) is 10.0 Å². The normalized spacial score (nSPS) is 51.1. The van der Waals surface area contributed by atoms with E-state index in [1.54, 1.807) is 16.2 Å². The van der Waals surface area contributed by atoms with Crippen molar-refractivity contribution in [3.05, 3.63) is 22.8 Å². The third-order valence-corrected chi connectivity index (χ3v) is 11.0. The Morgan fingerprint density at radius 1 is 1.19 bits per heavy atom. The maximum atomic E-state index is 12.1. The van der Waals surface area contributed by atoms with Gasteiger partial charge in [-0.2, -0.15) is 5.06 Å². The van der Waals surface area contributed by atoms with Gasteiger partial charge >= 0.3 is 0 Å². The number of nitrogens with zero attached hydrogens (tertiary/aromatic N) is 1. The third kappa shape index (κ3) is 2.94. The lowest BCUT2D eigenvalue weighted by molar-refractivity contribution is -0.178. The number of fused-ring (bicyclic) bond motifs is 6. The summed E-state index contributed by atoms with van der Waals surface area (Å²) in [6, 6.07) is 0.149. The predicted octanol–water partition coefficient (Wildman–Crippen LogP) is 5.70. The smallest absolute Gasteiger partial charge is 0.155 e. The molecule has 0 aromatic rings. The number of piperidine rings is 1. The number of ketones is 1. The molecule has 32 heavy (non-hydrogen) atoms. The zero-order valence-electron chi connectivity index (χ0n) is 20.4. The van der Waals surface area contributed by atoms with E-state index in [0.717, 1.165) is 51.0 Å². The maximum absolute atomic E-state index is 12.1. The number of carbonyl (C=O) groups is 1. The number of rotatable bonds is 0. The fourth-order valence-electron chi connectivity index (χ4n) is 9.34. The summed E-state index contributed by atoms with van der Waals surface area (Å²) < 4.78 is 6.93. The number of hydroxylamine groups is 2. The second kappa shape index (κ2) is 7.26. The predicted molar refractivity (Wildman–Crippen MR) is 124 cm³/mol.